The van der Waals surface area contributed by atoms with Crippen molar-refractivity contribution >= 4 is 5.91 Å². The van der Waals surface area contributed by atoms with Gasteiger partial charge in [0.1, 0.15) is 42.7 Å². The standard InChI is InChI=1S/C35H59NO11/c1-3-5-6-7-8-9-10-11-12-13-14-15-16-17-18-19-20-21-27(38)36-22-23-44-34-32(43)33(29(40)25(4-2)45-34)47-35-31(42)30(41)28(39)26(24-37)46-35/h8-9,11-12,14-15,17-18,25-26,28-35,37,39-43H,3-7,10,13,16,19-24H2,1-2H3,(H,36,38)/b9-8-,12-11-,15-14-,18-17-/t25-,26-,28-,29-,30+,31-,32-,33+,34-,35+/m1/s1. The van der Waals surface area contributed by atoms with Crippen LogP contribution in [0.2, 0.25) is 0 Å². The lowest BCUT2D eigenvalue weighted by molar-refractivity contribution is -0.358. The van der Waals surface area contributed by atoms with Crippen molar-refractivity contribution in [2.45, 2.75) is 146 Å². The molecule has 2 saturated heterocycles. The maximum Gasteiger partial charge on any atom is 0.220 e. The molecule has 0 unspecified atom stereocenters. The van der Waals surface area contributed by atoms with Crippen molar-refractivity contribution in [1.82, 2.24) is 5.32 Å². The Morgan fingerprint density at radius 3 is 1.89 bits per heavy atom. The van der Waals surface area contributed by atoms with Crippen LogP contribution in [0.1, 0.15) is 84.5 Å². The molecule has 2 aliphatic heterocycles. The van der Waals surface area contributed by atoms with Crippen molar-refractivity contribution in [2.75, 3.05) is 19.8 Å². The number of ether oxygens (including phenoxy) is 4. The van der Waals surface area contributed by atoms with E-state index in [0.29, 0.717) is 19.3 Å². The van der Waals surface area contributed by atoms with Gasteiger partial charge in [-0.15, -0.1) is 0 Å². The Labute approximate surface area is 279 Å². The first-order valence-electron chi connectivity index (χ1n) is 17.2. The van der Waals surface area contributed by atoms with Gasteiger partial charge in [0, 0.05) is 13.0 Å². The van der Waals surface area contributed by atoms with Crippen LogP contribution in [0, 0.1) is 0 Å². The van der Waals surface area contributed by atoms with E-state index in [4.69, 9.17) is 18.9 Å². The summed E-state index contributed by atoms with van der Waals surface area (Å²) in [5.74, 6) is -0.125. The maximum absolute atomic E-state index is 12.2. The number of nitrogens with one attached hydrogen (secondary N) is 1. The van der Waals surface area contributed by atoms with Crippen LogP contribution in [0.15, 0.2) is 48.6 Å². The summed E-state index contributed by atoms with van der Waals surface area (Å²) in [6.07, 6.45) is 13.4. The zero-order valence-electron chi connectivity index (χ0n) is 28.0. The molecule has 0 radical (unpaired) electrons. The Kier molecular flexibility index (Phi) is 21.2. The molecule has 47 heavy (non-hydrogen) atoms. The first-order valence-corrected chi connectivity index (χ1v) is 17.2. The normalized spacial score (nSPS) is 31.9. The highest BCUT2D eigenvalue weighted by Gasteiger charge is 2.50. The fourth-order valence-corrected chi connectivity index (χ4v) is 5.27. The Morgan fingerprint density at radius 2 is 1.30 bits per heavy atom. The van der Waals surface area contributed by atoms with Crippen LogP contribution in [0.25, 0.3) is 0 Å². The van der Waals surface area contributed by atoms with Crippen molar-refractivity contribution in [3.63, 3.8) is 0 Å². The fourth-order valence-electron chi connectivity index (χ4n) is 5.27. The SMILES string of the molecule is CCCCC/C=C\C/C=C\C/C=C\C/C=C\CCCC(=O)NCCO[C@@H]1O[C@H](CC)[C@@H](O)[C@H](O[C@@H]2O[C@H](CO)[C@@H](O)[C@H](O)[C@H]2O)[C@H]1O. The van der Waals surface area contributed by atoms with Crippen LogP contribution >= 0.6 is 0 Å². The predicted molar refractivity (Wildman–Crippen MR) is 177 cm³/mol. The predicted octanol–water partition coefficient (Wildman–Crippen LogP) is 2.31. The lowest BCUT2D eigenvalue weighted by Crippen LogP contribution is -2.64. The van der Waals surface area contributed by atoms with Gasteiger partial charge in [0.05, 0.1) is 19.3 Å². The third-order valence-corrected chi connectivity index (χ3v) is 8.12. The summed E-state index contributed by atoms with van der Waals surface area (Å²) >= 11 is 0. The smallest absolute Gasteiger partial charge is 0.220 e. The van der Waals surface area contributed by atoms with Crippen molar-refractivity contribution in [1.29, 1.82) is 0 Å². The van der Waals surface area contributed by atoms with E-state index in [0.717, 1.165) is 25.7 Å². The minimum absolute atomic E-state index is 0.0178. The van der Waals surface area contributed by atoms with Crippen LogP contribution in [0.5, 0.6) is 0 Å². The molecule has 0 aromatic rings. The molecule has 2 fully saturated rings. The van der Waals surface area contributed by atoms with Crippen LogP contribution in [0.3, 0.4) is 0 Å². The molecule has 0 aliphatic carbocycles. The van der Waals surface area contributed by atoms with Crippen molar-refractivity contribution in [3.05, 3.63) is 48.6 Å². The summed E-state index contributed by atoms with van der Waals surface area (Å²) in [6.45, 7) is 3.52. The summed E-state index contributed by atoms with van der Waals surface area (Å²) in [6, 6.07) is 0. The first kappa shape index (κ1) is 41.2. The molecule has 1 amide bonds. The van der Waals surface area contributed by atoms with E-state index < -0.39 is 68.0 Å². The molecule has 0 saturated carbocycles. The van der Waals surface area contributed by atoms with Gasteiger partial charge in [-0.3, -0.25) is 4.79 Å². The van der Waals surface area contributed by atoms with Crippen molar-refractivity contribution < 1.29 is 54.4 Å². The highest BCUT2D eigenvalue weighted by Crippen LogP contribution is 2.30. The van der Waals surface area contributed by atoms with Gasteiger partial charge < -0.3 is 54.9 Å². The number of allylic oxidation sites excluding steroid dienone is 8. The van der Waals surface area contributed by atoms with Gasteiger partial charge in [-0.2, -0.15) is 0 Å². The van der Waals surface area contributed by atoms with Gasteiger partial charge in [-0.25, -0.2) is 0 Å². The van der Waals surface area contributed by atoms with E-state index in [1.54, 1.807) is 6.92 Å². The second-order valence-corrected chi connectivity index (χ2v) is 11.9. The molecular weight excluding hydrogens is 610 g/mol. The molecule has 12 heteroatoms. The van der Waals surface area contributed by atoms with Crippen LogP contribution in [0.4, 0.5) is 0 Å². The monoisotopic (exact) mass is 669 g/mol. The lowest BCUT2D eigenvalue weighted by Gasteiger charge is -2.46. The molecule has 0 bridgehead atoms. The topological polar surface area (TPSA) is 187 Å². The minimum atomic E-state index is -1.70. The van der Waals surface area contributed by atoms with Crippen LogP contribution in [-0.2, 0) is 23.7 Å². The molecule has 10 atom stereocenters. The number of carbonyl (C=O) groups is 1. The number of aliphatic hydroxyl groups excluding tert-OH is 6. The number of hydrogen-bond donors (Lipinski definition) is 7. The maximum atomic E-state index is 12.2. The van der Waals surface area contributed by atoms with E-state index in [-0.39, 0.29) is 19.1 Å². The molecule has 0 aromatic heterocycles. The number of unbranched alkanes of at least 4 members (excludes halogenated alkanes) is 4. The molecule has 270 valence electrons. The second-order valence-electron chi connectivity index (χ2n) is 11.9. The van der Waals surface area contributed by atoms with Crippen molar-refractivity contribution in [3.8, 4) is 0 Å². The summed E-state index contributed by atoms with van der Waals surface area (Å²) in [5, 5.41) is 64.1. The zero-order valence-corrected chi connectivity index (χ0v) is 28.0. The quantitative estimate of drug-likeness (QED) is 0.0662. The molecule has 7 N–H and O–H groups in total. The lowest BCUT2D eigenvalue weighted by atomic mass is 9.96. The van der Waals surface area contributed by atoms with Gasteiger partial charge >= 0.3 is 0 Å². The Hall–Kier alpha value is -1.97. The van der Waals surface area contributed by atoms with E-state index in [1.165, 1.54) is 25.7 Å². The Balaban J connectivity index is 1.62. The first-order chi connectivity index (χ1) is 22.7. The Bertz CT molecular complexity index is 956. The highest BCUT2D eigenvalue weighted by molar-refractivity contribution is 5.75. The van der Waals surface area contributed by atoms with Gasteiger partial charge in [0.15, 0.2) is 12.6 Å². The summed E-state index contributed by atoms with van der Waals surface area (Å²) in [7, 11) is 0. The van der Waals surface area contributed by atoms with E-state index in [1.807, 2.05) is 0 Å². The third-order valence-electron chi connectivity index (χ3n) is 8.12. The number of rotatable bonds is 22. The summed E-state index contributed by atoms with van der Waals surface area (Å²) < 4.78 is 22.4. The summed E-state index contributed by atoms with van der Waals surface area (Å²) in [4.78, 5) is 12.2. The van der Waals surface area contributed by atoms with E-state index in [2.05, 4.69) is 60.8 Å². The molecule has 0 aromatic carbocycles. The highest BCUT2D eigenvalue weighted by atomic mass is 16.7. The molecule has 2 heterocycles. The molecule has 2 rings (SSSR count). The number of carbonyl (C=O) groups excluding carboxylic acids is 1. The van der Waals surface area contributed by atoms with Crippen molar-refractivity contribution in [2.24, 2.45) is 0 Å². The van der Waals surface area contributed by atoms with Crippen LogP contribution < -0.4 is 5.32 Å². The van der Waals surface area contributed by atoms with E-state index in [9.17, 15) is 35.4 Å². The second kappa shape index (κ2) is 24.2. The largest absolute Gasteiger partial charge is 0.394 e. The van der Waals surface area contributed by atoms with Gasteiger partial charge in [0.2, 0.25) is 5.91 Å². The van der Waals surface area contributed by atoms with Gasteiger partial charge in [-0.1, -0.05) is 75.3 Å². The van der Waals surface area contributed by atoms with Gasteiger partial charge in [-0.05, 0) is 51.4 Å². The fraction of sp³-hybridized carbons (Fsp3) is 0.743. The van der Waals surface area contributed by atoms with Gasteiger partial charge in [0.25, 0.3) is 0 Å². The number of hydrogen-bond acceptors (Lipinski definition) is 11. The number of amides is 1. The molecular formula is C35H59NO11. The summed E-state index contributed by atoms with van der Waals surface area (Å²) in [5.41, 5.74) is 0. The van der Waals surface area contributed by atoms with E-state index >= 15 is 0 Å². The third kappa shape index (κ3) is 15.0. The average Bonchev–Trinajstić information content (AvgIpc) is 3.07. The minimum Gasteiger partial charge on any atom is -0.394 e. The van der Waals surface area contributed by atoms with Crippen LogP contribution in [-0.4, -0.2) is 118 Å². The zero-order chi connectivity index (χ0) is 34.4. The average molecular weight is 670 g/mol. The Morgan fingerprint density at radius 1 is 0.702 bits per heavy atom. The molecule has 12 nitrogen and oxygen atoms in total. The molecule has 2 aliphatic rings. The molecule has 0 spiro atoms. The number of aliphatic hydroxyl groups is 6.